The molecule has 6 nitrogen and oxygen atoms in total. The molecular formula is C21H35IN4O2. The summed E-state index contributed by atoms with van der Waals surface area (Å²) in [5, 5.41) is 6.83. The number of nitrogens with one attached hydrogen (secondary N) is 2. The lowest BCUT2D eigenvalue weighted by Crippen LogP contribution is -2.55. The van der Waals surface area contributed by atoms with Gasteiger partial charge in [-0.3, -0.25) is 9.89 Å². The minimum Gasteiger partial charge on any atom is -0.465 e. The Labute approximate surface area is 186 Å². The lowest BCUT2D eigenvalue weighted by Gasteiger charge is -2.41. The Kier molecular flexibility index (Phi) is 10.8. The van der Waals surface area contributed by atoms with Crippen LogP contribution < -0.4 is 10.6 Å². The molecule has 0 amide bonds. The van der Waals surface area contributed by atoms with Crippen molar-refractivity contribution >= 4 is 35.9 Å². The number of methoxy groups -OCH3 is 1. The monoisotopic (exact) mass is 502 g/mol. The maximum atomic E-state index is 11.5. The van der Waals surface area contributed by atoms with Crippen LogP contribution in [0.1, 0.15) is 49.0 Å². The molecule has 1 fully saturated rings. The van der Waals surface area contributed by atoms with E-state index in [-0.39, 0.29) is 35.5 Å². The molecule has 1 saturated heterocycles. The molecule has 0 unspecified atom stereocenters. The lowest BCUT2D eigenvalue weighted by molar-refractivity contribution is 0.0600. The van der Waals surface area contributed by atoms with E-state index >= 15 is 0 Å². The smallest absolute Gasteiger partial charge is 0.337 e. The van der Waals surface area contributed by atoms with Crippen LogP contribution in [0, 0.1) is 0 Å². The average molecular weight is 502 g/mol. The Morgan fingerprint density at radius 1 is 1.14 bits per heavy atom. The Balaban J connectivity index is 0.00000392. The third-order valence-corrected chi connectivity index (χ3v) is 5.21. The van der Waals surface area contributed by atoms with Crippen LogP contribution in [0.15, 0.2) is 29.3 Å². The summed E-state index contributed by atoms with van der Waals surface area (Å²) in [5.74, 6) is 0.520. The molecule has 1 aliphatic heterocycles. The highest BCUT2D eigenvalue weighted by Crippen LogP contribution is 2.19. The number of hydrogen-bond donors (Lipinski definition) is 2. The molecule has 1 aromatic rings. The molecule has 0 spiro atoms. The summed E-state index contributed by atoms with van der Waals surface area (Å²) < 4.78 is 4.72. The molecule has 28 heavy (non-hydrogen) atoms. The molecule has 0 saturated carbocycles. The number of ether oxygens (including phenoxy) is 1. The predicted molar refractivity (Wildman–Crippen MR) is 126 cm³/mol. The highest BCUT2D eigenvalue weighted by molar-refractivity contribution is 14.0. The van der Waals surface area contributed by atoms with Crippen molar-refractivity contribution in [2.45, 2.75) is 45.1 Å². The predicted octanol–water partition coefficient (Wildman–Crippen LogP) is 3.06. The van der Waals surface area contributed by atoms with Gasteiger partial charge in [-0.05, 0) is 63.9 Å². The van der Waals surface area contributed by atoms with Crippen LogP contribution in [0.2, 0.25) is 0 Å². The van der Waals surface area contributed by atoms with Gasteiger partial charge >= 0.3 is 5.97 Å². The molecule has 1 aromatic carbocycles. The Morgan fingerprint density at radius 2 is 1.79 bits per heavy atom. The highest BCUT2D eigenvalue weighted by atomic mass is 127. The molecule has 0 atom stereocenters. The quantitative estimate of drug-likeness (QED) is 0.260. The Bertz CT molecular complexity index is 626. The van der Waals surface area contributed by atoms with E-state index in [2.05, 4.69) is 34.4 Å². The molecule has 1 aliphatic rings. The van der Waals surface area contributed by atoms with Gasteiger partial charge in [-0.1, -0.05) is 18.6 Å². The Hall–Kier alpha value is -1.35. The van der Waals surface area contributed by atoms with Crippen molar-refractivity contribution in [3.63, 3.8) is 0 Å². The standard InChI is InChI=1S/C21H34N4O2.HI/c1-21(2,25-14-6-5-7-15-25)16-24-20(22-3)23-13-12-17-8-10-18(11-9-17)19(26)27-4;/h8-11H,5-7,12-16H2,1-4H3,(H2,22,23,24);1H. The number of esters is 1. The van der Waals surface area contributed by atoms with E-state index in [1.165, 1.54) is 45.0 Å². The number of rotatable bonds is 7. The summed E-state index contributed by atoms with van der Waals surface area (Å²) in [6.07, 6.45) is 4.80. The summed E-state index contributed by atoms with van der Waals surface area (Å²) >= 11 is 0. The average Bonchev–Trinajstić information content (AvgIpc) is 2.71. The maximum absolute atomic E-state index is 11.5. The Morgan fingerprint density at radius 3 is 2.36 bits per heavy atom. The number of aliphatic imine (C=N–C) groups is 1. The van der Waals surface area contributed by atoms with Crippen LogP contribution in [-0.2, 0) is 11.2 Å². The molecule has 1 heterocycles. The molecule has 7 heteroatoms. The topological polar surface area (TPSA) is 66.0 Å². The number of hydrogen-bond acceptors (Lipinski definition) is 4. The zero-order chi connectivity index (χ0) is 19.7. The van der Waals surface area contributed by atoms with Crippen molar-refractivity contribution in [1.29, 1.82) is 0 Å². The van der Waals surface area contributed by atoms with Gasteiger partial charge in [0.1, 0.15) is 0 Å². The fraction of sp³-hybridized carbons (Fsp3) is 0.619. The van der Waals surface area contributed by atoms with Crippen LogP contribution >= 0.6 is 24.0 Å². The molecule has 2 rings (SSSR count). The molecule has 0 aliphatic carbocycles. The van der Waals surface area contributed by atoms with Gasteiger partial charge in [0.05, 0.1) is 12.7 Å². The van der Waals surface area contributed by atoms with Gasteiger partial charge < -0.3 is 15.4 Å². The number of nitrogens with zero attached hydrogens (tertiary/aromatic N) is 2. The van der Waals surface area contributed by atoms with E-state index < -0.39 is 0 Å². The van der Waals surface area contributed by atoms with Crippen LogP contribution in [0.4, 0.5) is 0 Å². The first-order valence-corrected chi connectivity index (χ1v) is 9.83. The van der Waals surface area contributed by atoms with Crippen LogP contribution in [-0.4, -0.2) is 62.7 Å². The first kappa shape index (κ1) is 24.7. The number of halogens is 1. The molecule has 0 bridgehead atoms. The minimum atomic E-state index is -0.305. The normalized spacial score (nSPS) is 15.5. The van der Waals surface area contributed by atoms with Crippen LogP contribution in [0.25, 0.3) is 0 Å². The fourth-order valence-corrected chi connectivity index (χ4v) is 3.38. The second kappa shape index (κ2) is 12.3. The number of carbonyl (C=O) groups excluding carboxylic acids is 1. The second-order valence-corrected chi connectivity index (χ2v) is 7.65. The number of likely N-dealkylation sites (tertiary alicyclic amines) is 1. The van der Waals surface area contributed by atoms with E-state index in [1.54, 1.807) is 19.2 Å². The zero-order valence-corrected chi connectivity index (χ0v) is 19.9. The molecular weight excluding hydrogens is 467 g/mol. The summed E-state index contributed by atoms with van der Waals surface area (Å²) in [5.41, 5.74) is 1.85. The second-order valence-electron chi connectivity index (χ2n) is 7.65. The van der Waals surface area contributed by atoms with E-state index in [1.807, 2.05) is 12.1 Å². The molecule has 2 N–H and O–H groups in total. The van der Waals surface area contributed by atoms with Crippen molar-refractivity contribution in [1.82, 2.24) is 15.5 Å². The van der Waals surface area contributed by atoms with Crippen molar-refractivity contribution in [2.24, 2.45) is 4.99 Å². The number of guanidine groups is 1. The van der Waals surface area contributed by atoms with E-state index in [0.29, 0.717) is 5.56 Å². The van der Waals surface area contributed by atoms with Gasteiger partial charge in [0, 0.05) is 25.7 Å². The third-order valence-electron chi connectivity index (χ3n) is 5.21. The van der Waals surface area contributed by atoms with Crippen LogP contribution in [0.3, 0.4) is 0 Å². The van der Waals surface area contributed by atoms with Crippen LogP contribution in [0.5, 0.6) is 0 Å². The van der Waals surface area contributed by atoms with Gasteiger partial charge in [-0.25, -0.2) is 4.79 Å². The lowest BCUT2D eigenvalue weighted by atomic mass is 9.98. The third kappa shape index (κ3) is 7.58. The van der Waals surface area contributed by atoms with Crippen molar-refractivity contribution in [3.05, 3.63) is 35.4 Å². The van der Waals surface area contributed by atoms with E-state index in [0.717, 1.165) is 25.5 Å². The molecule has 0 radical (unpaired) electrons. The molecule has 0 aromatic heterocycles. The number of piperidine rings is 1. The highest BCUT2D eigenvalue weighted by Gasteiger charge is 2.27. The summed E-state index contributed by atoms with van der Waals surface area (Å²) in [4.78, 5) is 18.4. The SMILES string of the molecule is CN=C(NCCc1ccc(C(=O)OC)cc1)NCC(C)(C)N1CCCCC1.I. The number of carbonyl (C=O) groups is 1. The fourth-order valence-electron chi connectivity index (χ4n) is 3.38. The van der Waals surface area contributed by atoms with E-state index in [9.17, 15) is 4.79 Å². The first-order valence-electron chi connectivity index (χ1n) is 9.83. The minimum absolute atomic E-state index is 0. The van der Waals surface area contributed by atoms with Gasteiger partial charge in [0.15, 0.2) is 5.96 Å². The van der Waals surface area contributed by atoms with Gasteiger partial charge in [0.25, 0.3) is 0 Å². The maximum Gasteiger partial charge on any atom is 0.337 e. The zero-order valence-electron chi connectivity index (χ0n) is 17.6. The van der Waals surface area contributed by atoms with Crippen molar-refractivity contribution < 1.29 is 9.53 Å². The summed E-state index contributed by atoms with van der Waals surface area (Å²) in [6, 6.07) is 7.53. The molecule has 158 valence electrons. The first-order chi connectivity index (χ1) is 13.0. The van der Waals surface area contributed by atoms with Gasteiger partial charge in [-0.15, -0.1) is 24.0 Å². The van der Waals surface area contributed by atoms with Crippen molar-refractivity contribution in [3.8, 4) is 0 Å². The van der Waals surface area contributed by atoms with Crippen molar-refractivity contribution in [2.75, 3.05) is 40.3 Å². The van der Waals surface area contributed by atoms with E-state index in [4.69, 9.17) is 4.74 Å². The van der Waals surface area contributed by atoms with Gasteiger partial charge in [-0.2, -0.15) is 0 Å². The number of benzene rings is 1. The largest absolute Gasteiger partial charge is 0.465 e. The van der Waals surface area contributed by atoms with Gasteiger partial charge in [0.2, 0.25) is 0 Å². The summed E-state index contributed by atoms with van der Waals surface area (Å²) in [7, 11) is 3.19. The summed E-state index contributed by atoms with van der Waals surface area (Å²) in [6.45, 7) is 8.59.